The van der Waals surface area contributed by atoms with Crippen molar-refractivity contribution in [1.29, 1.82) is 0 Å². The van der Waals surface area contributed by atoms with E-state index in [-0.39, 0.29) is 0 Å². The molecule has 18 heavy (non-hydrogen) atoms. The summed E-state index contributed by atoms with van der Waals surface area (Å²) in [6.45, 7) is 4.72. The Hall–Kier alpha value is 0. The number of hydrogen-bond acceptors (Lipinski definition) is 0. The molecule has 108 valence electrons. The molecule has 0 heteroatoms. The highest BCUT2D eigenvalue weighted by atomic mass is 14.3. The molecule has 1 fully saturated rings. The molecule has 0 saturated heterocycles. The second-order valence-corrected chi connectivity index (χ2v) is 6.48. The third-order valence-electron chi connectivity index (χ3n) is 5.02. The first-order chi connectivity index (χ1) is 8.88. The van der Waals surface area contributed by atoms with Crippen molar-refractivity contribution >= 4 is 0 Å². The fourth-order valence-electron chi connectivity index (χ4n) is 3.74. The molecule has 0 nitrogen and oxygen atoms in total. The maximum atomic E-state index is 2.42. The van der Waals surface area contributed by atoms with E-state index in [1.54, 1.807) is 0 Å². The SMILES string of the molecule is CCCCCCCCCC(CC)C1CCCCC1. The van der Waals surface area contributed by atoms with Crippen LogP contribution in [-0.2, 0) is 0 Å². The predicted octanol–water partition coefficient (Wildman–Crippen LogP) is 6.73. The fraction of sp³-hybridized carbons (Fsp3) is 1.00. The molecule has 0 N–H and O–H groups in total. The quantitative estimate of drug-likeness (QED) is 0.378. The summed E-state index contributed by atoms with van der Waals surface area (Å²) in [5.74, 6) is 2.14. The summed E-state index contributed by atoms with van der Waals surface area (Å²) >= 11 is 0. The number of rotatable bonds is 10. The van der Waals surface area contributed by atoms with Gasteiger partial charge in [-0.25, -0.2) is 0 Å². The van der Waals surface area contributed by atoms with Crippen molar-refractivity contribution < 1.29 is 0 Å². The second-order valence-electron chi connectivity index (χ2n) is 6.48. The van der Waals surface area contributed by atoms with Gasteiger partial charge in [-0.15, -0.1) is 0 Å². The van der Waals surface area contributed by atoms with Crippen molar-refractivity contribution in [2.24, 2.45) is 11.8 Å². The molecule has 0 aromatic rings. The summed E-state index contributed by atoms with van der Waals surface area (Å²) in [6.07, 6.45) is 20.8. The molecule has 1 aliphatic carbocycles. The molecule has 1 rings (SSSR count). The summed E-state index contributed by atoms with van der Waals surface area (Å²) in [5, 5.41) is 0. The highest BCUT2D eigenvalue weighted by Gasteiger charge is 2.21. The van der Waals surface area contributed by atoms with Crippen LogP contribution in [0.3, 0.4) is 0 Å². The van der Waals surface area contributed by atoms with E-state index in [1.165, 1.54) is 89.9 Å². The lowest BCUT2D eigenvalue weighted by Crippen LogP contribution is -2.17. The molecule has 1 unspecified atom stereocenters. The third-order valence-corrected chi connectivity index (χ3v) is 5.02. The van der Waals surface area contributed by atoms with Gasteiger partial charge in [0.05, 0.1) is 0 Å². The Bertz CT molecular complexity index is 167. The van der Waals surface area contributed by atoms with Gasteiger partial charge in [-0.05, 0) is 11.8 Å². The number of hydrogen-bond donors (Lipinski definition) is 0. The Balaban J connectivity index is 2.00. The fourth-order valence-corrected chi connectivity index (χ4v) is 3.74. The Morgan fingerprint density at radius 1 is 0.778 bits per heavy atom. The normalized spacial score (nSPS) is 19.0. The average molecular weight is 252 g/mol. The van der Waals surface area contributed by atoms with Gasteiger partial charge in [-0.1, -0.05) is 104 Å². The lowest BCUT2D eigenvalue weighted by atomic mass is 9.76. The van der Waals surface area contributed by atoms with Crippen LogP contribution >= 0.6 is 0 Å². The Morgan fingerprint density at radius 3 is 2.00 bits per heavy atom. The molecular formula is C18H36. The Kier molecular flexibility index (Phi) is 9.70. The minimum Gasteiger partial charge on any atom is -0.0654 e. The van der Waals surface area contributed by atoms with E-state index in [0.717, 1.165) is 11.8 Å². The summed E-state index contributed by atoms with van der Waals surface area (Å²) in [4.78, 5) is 0. The molecular weight excluding hydrogens is 216 g/mol. The summed E-state index contributed by atoms with van der Waals surface area (Å²) in [6, 6.07) is 0. The minimum absolute atomic E-state index is 1.06. The van der Waals surface area contributed by atoms with Crippen LogP contribution in [0.25, 0.3) is 0 Å². The standard InChI is InChI=1S/C18H36/c1-3-5-6-7-8-9-11-14-17(4-2)18-15-12-10-13-16-18/h17-18H,3-16H2,1-2H3. The summed E-state index contributed by atoms with van der Waals surface area (Å²) < 4.78 is 0. The topological polar surface area (TPSA) is 0 Å². The second kappa shape index (κ2) is 10.9. The zero-order chi connectivity index (χ0) is 13.1. The highest BCUT2D eigenvalue weighted by Crippen LogP contribution is 2.34. The van der Waals surface area contributed by atoms with E-state index < -0.39 is 0 Å². The van der Waals surface area contributed by atoms with Crippen LogP contribution in [-0.4, -0.2) is 0 Å². The predicted molar refractivity (Wildman–Crippen MR) is 83.0 cm³/mol. The van der Waals surface area contributed by atoms with Crippen LogP contribution in [0, 0.1) is 11.8 Å². The van der Waals surface area contributed by atoms with Crippen molar-refractivity contribution in [1.82, 2.24) is 0 Å². The summed E-state index contributed by atoms with van der Waals surface area (Å²) in [5.41, 5.74) is 0. The zero-order valence-corrected chi connectivity index (χ0v) is 13.1. The first kappa shape index (κ1) is 16.1. The van der Waals surface area contributed by atoms with Gasteiger partial charge in [0.25, 0.3) is 0 Å². The molecule has 1 saturated carbocycles. The largest absolute Gasteiger partial charge is 0.0654 e. The van der Waals surface area contributed by atoms with Crippen LogP contribution in [0.4, 0.5) is 0 Å². The molecule has 0 aromatic heterocycles. The van der Waals surface area contributed by atoms with Gasteiger partial charge < -0.3 is 0 Å². The molecule has 0 aromatic carbocycles. The molecule has 0 radical (unpaired) electrons. The van der Waals surface area contributed by atoms with E-state index >= 15 is 0 Å². The maximum Gasteiger partial charge on any atom is -0.0386 e. The van der Waals surface area contributed by atoms with E-state index in [9.17, 15) is 0 Å². The van der Waals surface area contributed by atoms with E-state index in [2.05, 4.69) is 13.8 Å². The van der Waals surface area contributed by atoms with E-state index in [4.69, 9.17) is 0 Å². The summed E-state index contributed by atoms with van der Waals surface area (Å²) in [7, 11) is 0. The van der Waals surface area contributed by atoms with Gasteiger partial charge in [0.15, 0.2) is 0 Å². The zero-order valence-electron chi connectivity index (χ0n) is 13.1. The van der Waals surface area contributed by atoms with Crippen LogP contribution in [0.2, 0.25) is 0 Å². The monoisotopic (exact) mass is 252 g/mol. The van der Waals surface area contributed by atoms with Gasteiger partial charge in [-0.3, -0.25) is 0 Å². The average Bonchev–Trinajstić information content (AvgIpc) is 2.43. The maximum absolute atomic E-state index is 2.42. The first-order valence-corrected chi connectivity index (χ1v) is 8.88. The van der Waals surface area contributed by atoms with Crippen molar-refractivity contribution in [3.63, 3.8) is 0 Å². The molecule has 0 heterocycles. The molecule has 0 amide bonds. The van der Waals surface area contributed by atoms with Gasteiger partial charge in [0.1, 0.15) is 0 Å². The van der Waals surface area contributed by atoms with Crippen molar-refractivity contribution in [3.8, 4) is 0 Å². The highest BCUT2D eigenvalue weighted by molar-refractivity contribution is 4.73. The third kappa shape index (κ3) is 6.81. The van der Waals surface area contributed by atoms with Crippen LogP contribution < -0.4 is 0 Å². The van der Waals surface area contributed by atoms with Gasteiger partial charge in [-0.2, -0.15) is 0 Å². The molecule has 0 bridgehead atoms. The Labute approximate surface area is 116 Å². The lowest BCUT2D eigenvalue weighted by Gasteiger charge is -2.29. The van der Waals surface area contributed by atoms with Gasteiger partial charge in [0, 0.05) is 0 Å². The van der Waals surface area contributed by atoms with E-state index in [1.807, 2.05) is 0 Å². The lowest BCUT2D eigenvalue weighted by molar-refractivity contribution is 0.225. The van der Waals surface area contributed by atoms with Crippen molar-refractivity contribution in [2.75, 3.05) is 0 Å². The van der Waals surface area contributed by atoms with Gasteiger partial charge >= 0.3 is 0 Å². The minimum atomic E-state index is 1.06. The van der Waals surface area contributed by atoms with Crippen LogP contribution in [0.1, 0.15) is 104 Å². The Morgan fingerprint density at radius 2 is 1.39 bits per heavy atom. The number of unbranched alkanes of at least 4 members (excludes halogenated alkanes) is 6. The van der Waals surface area contributed by atoms with E-state index in [0.29, 0.717) is 0 Å². The van der Waals surface area contributed by atoms with Crippen molar-refractivity contribution in [2.45, 2.75) is 104 Å². The molecule has 1 atom stereocenters. The van der Waals surface area contributed by atoms with Crippen LogP contribution in [0.5, 0.6) is 0 Å². The molecule has 0 aliphatic heterocycles. The first-order valence-electron chi connectivity index (χ1n) is 8.88. The van der Waals surface area contributed by atoms with Crippen LogP contribution in [0.15, 0.2) is 0 Å². The molecule has 1 aliphatic rings. The smallest absolute Gasteiger partial charge is 0.0386 e. The van der Waals surface area contributed by atoms with Gasteiger partial charge in [0.2, 0.25) is 0 Å². The van der Waals surface area contributed by atoms with Crippen molar-refractivity contribution in [3.05, 3.63) is 0 Å². The molecule has 0 spiro atoms.